The predicted octanol–water partition coefficient (Wildman–Crippen LogP) is 2.61. The van der Waals surface area contributed by atoms with Crippen molar-refractivity contribution in [2.24, 2.45) is 5.41 Å². The van der Waals surface area contributed by atoms with E-state index in [-0.39, 0.29) is 5.41 Å². The molecule has 0 unspecified atom stereocenters. The zero-order valence-electron chi connectivity index (χ0n) is 8.79. The number of hydrogen-bond donors (Lipinski definition) is 1. The van der Waals surface area contributed by atoms with E-state index in [0.717, 1.165) is 25.0 Å². The molecule has 2 rings (SSSR count). The lowest BCUT2D eigenvalue weighted by atomic mass is 9.97. The van der Waals surface area contributed by atoms with Crippen LogP contribution in [0.25, 0.3) is 0 Å². The van der Waals surface area contributed by atoms with E-state index in [0.29, 0.717) is 6.61 Å². The van der Waals surface area contributed by atoms with Gasteiger partial charge in [0, 0.05) is 10.2 Å². The van der Waals surface area contributed by atoms with Crippen LogP contribution in [0.3, 0.4) is 0 Å². The van der Waals surface area contributed by atoms with Crippen molar-refractivity contribution in [2.75, 3.05) is 13.7 Å². The number of benzene rings is 1. The lowest BCUT2D eigenvalue weighted by Crippen LogP contribution is -2.11. The van der Waals surface area contributed by atoms with E-state index in [9.17, 15) is 5.11 Å². The Kier molecular flexibility index (Phi) is 3.21. The van der Waals surface area contributed by atoms with Gasteiger partial charge in [-0.1, -0.05) is 0 Å². The van der Waals surface area contributed by atoms with Gasteiger partial charge in [0.2, 0.25) is 0 Å². The van der Waals surface area contributed by atoms with Crippen molar-refractivity contribution < 1.29 is 9.84 Å². The summed E-state index contributed by atoms with van der Waals surface area (Å²) in [6.07, 6.45) is 3.27. The van der Waals surface area contributed by atoms with Crippen molar-refractivity contribution in [2.45, 2.75) is 19.3 Å². The SMILES string of the molecule is COc1ccc(I)c(CC2(CO)CC2)c1. The summed E-state index contributed by atoms with van der Waals surface area (Å²) in [6, 6.07) is 6.13. The molecule has 0 atom stereocenters. The molecule has 3 heteroatoms. The molecule has 1 fully saturated rings. The Labute approximate surface area is 104 Å². The maximum Gasteiger partial charge on any atom is 0.119 e. The zero-order chi connectivity index (χ0) is 10.9. The fraction of sp³-hybridized carbons (Fsp3) is 0.500. The molecule has 1 aromatic rings. The van der Waals surface area contributed by atoms with E-state index in [1.165, 1.54) is 9.13 Å². The van der Waals surface area contributed by atoms with Gasteiger partial charge in [-0.05, 0) is 71.0 Å². The maximum atomic E-state index is 9.30. The summed E-state index contributed by atoms with van der Waals surface area (Å²) in [4.78, 5) is 0. The minimum absolute atomic E-state index is 0.173. The largest absolute Gasteiger partial charge is 0.497 e. The molecule has 0 bridgehead atoms. The highest BCUT2D eigenvalue weighted by molar-refractivity contribution is 14.1. The maximum absolute atomic E-state index is 9.30. The Morgan fingerprint density at radius 3 is 2.73 bits per heavy atom. The van der Waals surface area contributed by atoms with Crippen molar-refractivity contribution in [3.05, 3.63) is 27.3 Å². The summed E-state index contributed by atoms with van der Waals surface area (Å²) < 4.78 is 6.47. The van der Waals surface area contributed by atoms with Gasteiger partial charge in [0.05, 0.1) is 7.11 Å². The summed E-state index contributed by atoms with van der Waals surface area (Å²) >= 11 is 2.34. The third kappa shape index (κ3) is 2.45. The van der Waals surface area contributed by atoms with E-state index in [1.807, 2.05) is 6.07 Å². The van der Waals surface area contributed by atoms with Crippen molar-refractivity contribution in [3.63, 3.8) is 0 Å². The molecule has 0 aromatic heterocycles. The second kappa shape index (κ2) is 4.29. The quantitative estimate of drug-likeness (QED) is 0.865. The Bertz CT molecular complexity index is 359. The first-order valence-corrected chi connectivity index (χ1v) is 6.20. The average Bonchev–Trinajstić information content (AvgIpc) is 3.02. The molecule has 82 valence electrons. The fourth-order valence-corrected chi connectivity index (χ4v) is 2.31. The van der Waals surface area contributed by atoms with Gasteiger partial charge in [-0.25, -0.2) is 0 Å². The molecular weight excluding hydrogens is 303 g/mol. The van der Waals surface area contributed by atoms with Gasteiger partial charge in [-0.15, -0.1) is 0 Å². The first-order valence-electron chi connectivity index (χ1n) is 5.12. The van der Waals surface area contributed by atoms with Gasteiger partial charge in [-0.3, -0.25) is 0 Å². The fourth-order valence-electron chi connectivity index (χ4n) is 1.79. The molecule has 2 nitrogen and oxygen atoms in total. The van der Waals surface area contributed by atoms with E-state index >= 15 is 0 Å². The molecule has 0 spiro atoms. The van der Waals surface area contributed by atoms with Crippen LogP contribution in [0.4, 0.5) is 0 Å². The molecule has 1 aliphatic rings. The molecule has 0 heterocycles. The third-order valence-corrected chi connectivity index (χ3v) is 4.16. The number of methoxy groups -OCH3 is 1. The molecule has 0 saturated heterocycles. The number of aliphatic hydroxyl groups excluding tert-OH is 1. The van der Waals surface area contributed by atoms with Crippen LogP contribution in [-0.2, 0) is 6.42 Å². The van der Waals surface area contributed by atoms with Gasteiger partial charge < -0.3 is 9.84 Å². The van der Waals surface area contributed by atoms with E-state index in [4.69, 9.17) is 4.74 Å². The minimum Gasteiger partial charge on any atom is -0.497 e. The second-order valence-corrected chi connectivity index (χ2v) is 5.45. The molecule has 0 aliphatic heterocycles. The molecule has 1 aromatic carbocycles. The van der Waals surface area contributed by atoms with E-state index in [2.05, 4.69) is 34.7 Å². The van der Waals surface area contributed by atoms with Crippen molar-refractivity contribution >= 4 is 22.6 Å². The van der Waals surface area contributed by atoms with Gasteiger partial charge in [0.1, 0.15) is 5.75 Å². The van der Waals surface area contributed by atoms with Crippen LogP contribution in [0, 0.1) is 8.99 Å². The van der Waals surface area contributed by atoms with Crippen LogP contribution in [0.1, 0.15) is 18.4 Å². The second-order valence-electron chi connectivity index (χ2n) is 4.29. The topological polar surface area (TPSA) is 29.5 Å². The van der Waals surface area contributed by atoms with Gasteiger partial charge >= 0.3 is 0 Å². The normalized spacial score (nSPS) is 17.5. The Morgan fingerprint density at radius 2 is 2.20 bits per heavy atom. The Hall–Kier alpha value is -0.290. The summed E-state index contributed by atoms with van der Waals surface area (Å²) in [7, 11) is 1.69. The summed E-state index contributed by atoms with van der Waals surface area (Å²) in [5.41, 5.74) is 1.47. The molecule has 1 saturated carbocycles. The molecule has 1 aliphatic carbocycles. The standard InChI is InChI=1S/C12H15IO2/c1-15-10-2-3-11(13)9(6-10)7-12(8-14)4-5-12/h2-3,6,14H,4-5,7-8H2,1H3. The zero-order valence-corrected chi connectivity index (χ0v) is 11.0. The van der Waals surface area contributed by atoms with Crippen LogP contribution in [0.5, 0.6) is 5.75 Å². The van der Waals surface area contributed by atoms with Crippen LogP contribution in [-0.4, -0.2) is 18.8 Å². The van der Waals surface area contributed by atoms with Crippen molar-refractivity contribution in [1.29, 1.82) is 0 Å². The molecule has 0 amide bonds. The molecule has 0 radical (unpaired) electrons. The third-order valence-electron chi connectivity index (χ3n) is 3.11. The smallest absolute Gasteiger partial charge is 0.119 e. The summed E-state index contributed by atoms with van der Waals surface area (Å²) in [6.45, 7) is 0.306. The monoisotopic (exact) mass is 318 g/mol. The van der Waals surface area contributed by atoms with E-state index in [1.54, 1.807) is 7.11 Å². The number of hydrogen-bond acceptors (Lipinski definition) is 2. The molecule has 1 N–H and O–H groups in total. The summed E-state index contributed by atoms with van der Waals surface area (Å²) in [5.74, 6) is 0.902. The highest BCUT2D eigenvalue weighted by atomic mass is 127. The summed E-state index contributed by atoms with van der Waals surface area (Å²) in [5, 5.41) is 9.30. The molecule has 15 heavy (non-hydrogen) atoms. The van der Waals surface area contributed by atoms with Gasteiger partial charge in [0.15, 0.2) is 0 Å². The minimum atomic E-state index is 0.173. The highest BCUT2D eigenvalue weighted by Gasteiger charge is 2.42. The molecular formula is C12H15IO2. The van der Waals surface area contributed by atoms with Crippen LogP contribution >= 0.6 is 22.6 Å². The Morgan fingerprint density at radius 1 is 1.47 bits per heavy atom. The van der Waals surface area contributed by atoms with Gasteiger partial charge in [0.25, 0.3) is 0 Å². The van der Waals surface area contributed by atoms with Crippen LogP contribution < -0.4 is 4.74 Å². The van der Waals surface area contributed by atoms with E-state index < -0.39 is 0 Å². The first kappa shape index (κ1) is 11.2. The number of halogens is 1. The van der Waals surface area contributed by atoms with Crippen molar-refractivity contribution in [1.82, 2.24) is 0 Å². The lowest BCUT2D eigenvalue weighted by molar-refractivity contribution is 0.211. The highest BCUT2D eigenvalue weighted by Crippen LogP contribution is 2.48. The number of rotatable bonds is 4. The van der Waals surface area contributed by atoms with Crippen molar-refractivity contribution in [3.8, 4) is 5.75 Å². The predicted molar refractivity (Wildman–Crippen MR) is 68.2 cm³/mol. The average molecular weight is 318 g/mol. The number of aliphatic hydroxyl groups is 1. The van der Waals surface area contributed by atoms with Gasteiger partial charge in [-0.2, -0.15) is 0 Å². The first-order chi connectivity index (χ1) is 7.19. The Balaban J connectivity index is 2.19. The van der Waals surface area contributed by atoms with Crippen LogP contribution in [0.2, 0.25) is 0 Å². The number of ether oxygens (including phenoxy) is 1. The lowest BCUT2D eigenvalue weighted by Gasteiger charge is -2.13. The van der Waals surface area contributed by atoms with Crippen LogP contribution in [0.15, 0.2) is 18.2 Å².